The summed E-state index contributed by atoms with van der Waals surface area (Å²) >= 11 is 0. The normalized spacial score (nSPS) is 10.2. The molecule has 0 aliphatic rings. The molecule has 1 aromatic carbocycles. The first kappa shape index (κ1) is 13.7. The van der Waals surface area contributed by atoms with Gasteiger partial charge in [-0.05, 0) is 13.0 Å². The van der Waals surface area contributed by atoms with Gasteiger partial charge in [0.1, 0.15) is 17.9 Å². The molecule has 1 N–H and O–H groups in total. The van der Waals surface area contributed by atoms with Gasteiger partial charge >= 0.3 is 5.69 Å². The van der Waals surface area contributed by atoms with E-state index in [1.807, 2.05) is 0 Å². The number of benzene rings is 1. The number of hydrogen-bond donors (Lipinski definition) is 1. The quantitative estimate of drug-likeness (QED) is 0.683. The molecule has 2 aromatic rings. The Morgan fingerprint density at radius 2 is 2.15 bits per heavy atom. The van der Waals surface area contributed by atoms with Crippen LogP contribution in [-0.4, -0.2) is 21.9 Å². The van der Waals surface area contributed by atoms with Crippen molar-refractivity contribution in [2.24, 2.45) is 0 Å². The molecule has 0 fully saturated rings. The van der Waals surface area contributed by atoms with Crippen molar-refractivity contribution in [2.45, 2.75) is 6.92 Å². The van der Waals surface area contributed by atoms with Gasteiger partial charge in [0.15, 0.2) is 0 Å². The third-order valence-corrected chi connectivity index (χ3v) is 2.60. The Morgan fingerprint density at radius 1 is 1.40 bits per heavy atom. The zero-order valence-electron chi connectivity index (χ0n) is 10.8. The van der Waals surface area contributed by atoms with Gasteiger partial charge < -0.3 is 10.1 Å². The lowest BCUT2D eigenvalue weighted by Gasteiger charge is -2.09. The predicted octanol–water partition coefficient (Wildman–Crippen LogP) is 2.67. The SMILES string of the molecule is CNc1ncnc(Oc2ccc([N+](=O)[O-])c(F)c2)c1C. The van der Waals surface area contributed by atoms with Gasteiger partial charge in [0.2, 0.25) is 11.7 Å². The Bertz CT molecular complexity index is 663. The summed E-state index contributed by atoms with van der Waals surface area (Å²) in [5, 5.41) is 13.4. The number of rotatable bonds is 4. The summed E-state index contributed by atoms with van der Waals surface area (Å²) in [6.45, 7) is 1.74. The number of nitrogens with zero attached hydrogens (tertiary/aromatic N) is 3. The molecule has 2 rings (SSSR count). The Kier molecular flexibility index (Phi) is 3.74. The number of ether oxygens (including phenoxy) is 1. The predicted molar refractivity (Wildman–Crippen MR) is 69.4 cm³/mol. The molecule has 1 aromatic heterocycles. The first-order chi connectivity index (χ1) is 9.52. The molecule has 8 heteroatoms. The second-order valence-corrected chi connectivity index (χ2v) is 3.87. The van der Waals surface area contributed by atoms with Crippen molar-refractivity contribution in [1.29, 1.82) is 0 Å². The van der Waals surface area contributed by atoms with Crippen LogP contribution in [0.15, 0.2) is 24.5 Å². The number of aromatic nitrogens is 2. The van der Waals surface area contributed by atoms with E-state index in [9.17, 15) is 14.5 Å². The van der Waals surface area contributed by atoms with E-state index in [4.69, 9.17) is 4.74 Å². The lowest BCUT2D eigenvalue weighted by Crippen LogP contribution is -2.00. The van der Waals surface area contributed by atoms with Gasteiger partial charge in [-0.2, -0.15) is 4.39 Å². The molecule has 0 saturated carbocycles. The highest BCUT2D eigenvalue weighted by Gasteiger charge is 2.15. The summed E-state index contributed by atoms with van der Waals surface area (Å²) in [5.41, 5.74) is 0.0430. The molecule has 0 aliphatic heterocycles. The topological polar surface area (TPSA) is 90.2 Å². The van der Waals surface area contributed by atoms with Crippen LogP contribution in [0.1, 0.15) is 5.56 Å². The first-order valence-electron chi connectivity index (χ1n) is 5.64. The molecule has 0 atom stereocenters. The number of nitrogens with one attached hydrogen (secondary N) is 1. The molecule has 20 heavy (non-hydrogen) atoms. The van der Waals surface area contributed by atoms with E-state index >= 15 is 0 Å². The minimum atomic E-state index is -0.965. The second kappa shape index (κ2) is 5.47. The maximum atomic E-state index is 13.5. The molecular weight excluding hydrogens is 267 g/mol. The molecule has 0 saturated heterocycles. The highest BCUT2D eigenvalue weighted by molar-refractivity contribution is 5.48. The lowest BCUT2D eigenvalue weighted by molar-refractivity contribution is -0.387. The molecule has 0 amide bonds. The van der Waals surface area contributed by atoms with Crippen LogP contribution in [0.4, 0.5) is 15.9 Å². The van der Waals surface area contributed by atoms with Crippen molar-refractivity contribution >= 4 is 11.5 Å². The minimum absolute atomic E-state index is 0.122. The van der Waals surface area contributed by atoms with Gasteiger partial charge in [0, 0.05) is 19.2 Å². The summed E-state index contributed by atoms with van der Waals surface area (Å²) in [7, 11) is 1.70. The van der Waals surface area contributed by atoms with Crippen LogP contribution in [0.25, 0.3) is 0 Å². The number of halogens is 1. The summed E-state index contributed by atoms with van der Waals surface area (Å²) < 4.78 is 18.9. The van der Waals surface area contributed by atoms with Crippen LogP contribution in [0, 0.1) is 22.9 Å². The Morgan fingerprint density at radius 3 is 2.75 bits per heavy atom. The van der Waals surface area contributed by atoms with Crippen molar-refractivity contribution in [3.05, 3.63) is 46.0 Å². The van der Waals surface area contributed by atoms with Crippen LogP contribution in [0.3, 0.4) is 0 Å². The summed E-state index contributed by atoms with van der Waals surface area (Å²) in [5.74, 6) is -0.0139. The van der Waals surface area contributed by atoms with E-state index in [-0.39, 0.29) is 11.6 Å². The molecule has 0 bridgehead atoms. The average molecular weight is 278 g/mol. The zero-order valence-corrected chi connectivity index (χ0v) is 10.8. The van der Waals surface area contributed by atoms with Gasteiger partial charge in [-0.1, -0.05) is 0 Å². The fraction of sp³-hybridized carbons (Fsp3) is 0.167. The fourth-order valence-electron chi connectivity index (χ4n) is 1.60. The minimum Gasteiger partial charge on any atom is -0.438 e. The van der Waals surface area contributed by atoms with Crippen LogP contribution >= 0.6 is 0 Å². The standard InChI is InChI=1S/C12H11FN4O3/c1-7-11(14-2)15-6-16-12(7)20-8-3-4-10(17(18)19)9(13)5-8/h3-6H,1-2H3,(H,14,15,16). The van der Waals surface area contributed by atoms with Gasteiger partial charge in [-0.15, -0.1) is 0 Å². The highest BCUT2D eigenvalue weighted by Crippen LogP contribution is 2.28. The molecule has 0 spiro atoms. The van der Waals surface area contributed by atoms with Gasteiger partial charge in [-0.3, -0.25) is 10.1 Å². The molecule has 0 unspecified atom stereocenters. The highest BCUT2D eigenvalue weighted by atomic mass is 19.1. The van der Waals surface area contributed by atoms with Gasteiger partial charge in [0.25, 0.3) is 0 Å². The summed E-state index contributed by atoms with van der Waals surface area (Å²) in [4.78, 5) is 17.7. The summed E-state index contributed by atoms with van der Waals surface area (Å²) in [6, 6.07) is 3.29. The van der Waals surface area contributed by atoms with E-state index in [1.54, 1.807) is 14.0 Å². The Labute approximate surface area is 113 Å². The smallest absolute Gasteiger partial charge is 0.305 e. The third-order valence-electron chi connectivity index (χ3n) is 2.60. The van der Waals surface area contributed by atoms with Crippen molar-refractivity contribution in [2.75, 3.05) is 12.4 Å². The van der Waals surface area contributed by atoms with Crippen molar-refractivity contribution in [3.63, 3.8) is 0 Å². The van der Waals surface area contributed by atoms with E-state index in [0.717, 1.165) is 12.1 Å². The van der Waals surface area contributed by atoms with Crippen molar-refractivity contribution < 1.29 is 14.1 Å². The zero-order chi connectivity index (χ0) is 14.7. The van der Waals surface area contributed by atoms with E-state index in [2.05, 4.69) is 15.3 Å². The molecule has 1 heterocycles. The molecule has 104 valence electrons. The largest absolute Gasteiger partial charge is 0.438 e. The molecule has 0 aliphatic carbocycles. The van der Waals surface area contributed by atoms with Crippen LogP contribution in [-0.2, 0) is 0 Å². The van der Waals surface area contributed by atoms with Crippen LogP contribution < -0.4 is 10.1 Å². The number of nitro benzene ring substituents is 1. The number of anilines is 1. The van der Waals surface area contributed by atoms with Gasteiger partial charge in [0.05, 0.1) is 10.5 Å². The molecule has 0 radical (unpaired) electrons. The third kappa shape index (κ3) is 2.63. The maximum Gasteiger partial charge on any atom is 0.305 e. The molecule has 7 nitrogen and oxygen atoms in total. The number of nitro groups is 1. The monoisotopic (exact) mass is 278 g/mol. The van der Waals surface area contributed by atoms with E-state index in [0.29, 0.717) is 11.4 Å². The van der Waals surface area contributed by atoms with Crippen molar-refractivity contribution in [3.8, 4) is 11.6 Å². The van der Waals surface area contributed by atoms with Crippen LogP contribution in [0.2, 0.25) is 0 Å². The van der Waals surface area contributed by atoms with E-state index in [1.165, 1.54) is 12.4 Å². The Balaban J connectivity index is 2.31. The fourth-order valence-corrected chi connectivity index (χ4v) is 1.60. The second-order valence-electron chi connectivity index (χ2n) is 3.87. The Hall–Kier alpha value is -2.77. The summed E-state index contributed by atoms with van der Waals surface area (Å²) in [6.07, 6.45) is 1.30. The number of hydrogen-bond acceptors (Lipinski definition) is 6. The van der Waals surface area contributed by atoms with Crippen LogP contribution in [0.5, 0.6) is 11.6 Å². The van der Waals surface area contributed by atoms with Gasteiger partial charge in [-0.25, -0.2) is 9.97 Å². The lowest BCUT2D eigenvalue weighted by atomic mass is 10.3. The average Bonchev–Trinajstić information content (AvgIpc) is 2.41. The van der Waals surface area contributed by atoms with E-state index < -0.39 is 16.4 Å². The van der Waals surface area contributed by atoms with Crippen molar-refractivity contribution in [1.82, 2.24) is 9.97 Å². The molecular formula is C12H11FN4O3. The maximum absolute atomic E-state index is 13.5. The first-order valence-corrected chi connectivity index (χ1v) is 5.64.